The summed E-state index contributed by atoms with van der Waals surface area (Å²) in [4.78, 5) is 13.9. The van der Waals surface area contributed by atoms with E-state index in [1.54, 1.807) is 12.0 Å². The monoisotopic (exact) mass is 313 g/mol. The molecule has 0 radical (unpaired) electrons. The number of amides is 1. The maximum absolute atomic E-state index is 13.7. The summed E-state index contributed by atoms with van der Waals surface area (Å²) in [5.74, 6) is -1.47. The Morgan fingerprint density at radius 2 is 2.00 bits per heavy atom. The van der Waals surface area contributed by atoms with Crippen LogP contribution in [0.3, 0.4) is 0 Å². The van der Waals surface area contributed by atoms with Gasteiger partial charge in [0, 0.05) is 32.9 Å². The highest BCUT2D eigenvalue weighted by atomic mass is 19.1. The van der Waals surface area contributed by atoms with E-state index in [1.165, 1.54) is 6.07 Å². The predicted molar refractivity (Wildman–Crippen MR) is 77.7 cm³/mol. The van der Waals surface area contributed by atoms with Crippen molar-refractivity contribution in [2.24, 2.45) is 5.92 Å². The fourth-order valence-electron chi connectivity index (χ4n) is 2.53. The fraction of sp³-hybridized carbons (Fsp3) is 0.562. The van der Waals surface area contributed by atoms with Gasteiger partial charge < -0.3 is 14.4 Å². The number of methoxy groups -OCH3 is 1. The second-order valence-electron chi connectivity index (χ2n) is 5.43. The topological polar surface area (TPSA) is 38.8 Å². The standard InChI is InChI=1S/C16H21F2NO3/c1-21-8-9-22-11-12-4-6-19(7-5-12)16(20)14-3-2-13(17)10-15(14)18/h2-3,10,12H,4-9,11H2,1H3. The molecule has 4 nitrogen and oxygen atoms in total. The number of ether oxygens (including phenoxy) is 2. The molecule has 0 atom stereocenters. The smallest absolute Gasteiger partial charge is 0.256 e. The lowest BCUT2D eigenvalue weighted by Crippen LogP contribution is -2.39. The lowest BCUT2D eigenvalue weighted by atomic mass is 9.97. The van der Waals surface area contributed by atoms with Crippen molar-refractivity contribution in [2.45, 2.75) is 12.8 Å². The molecule has 1 amide bonds. The molecule has 0 spiro atoms. The molecule has 6 heteroatoms. The lowest BCUT2D eigenvalue weighted by Gasteiger charge is -2.32. The van der Waals surface area contributed by atoms with Crippen molar-refractivity contribution in [1.29, 1.82) is 0 Å². The van der Waals surface area contributed by atoms with Crippen LogP contribution in [0, 0.1) is 17.6 Å². The number of halogens is 2. The molecule has 1 aromatic carbocycles. The molecule has 22 heavy (non-hydrogen) atoms. The van der Waals surface area contributed by atoms with Crippen molar-refractivity contribution in [3.63, 3.8) is 0 Å². The summed E-state index contributed by atoms with van der Waals surface area (Å²) in [5.41, 5.74) is -0.0730. The molecule has 0 N–H and O–H groups in total. The summed E-state index contributed by atoms with van der Waals surface area (Å²) in [6, 6.07) is 3.04. The zero-order valence-corrected chi connectivity index (χ0v) is 12.7. The maximum atomic E-state index is 13.7. The molecule has 1 fully saturated rings. The molecule has 1 aliphatic heterocycles. The average Bonchev–Trinajstić information content (AvgIpc) is 2.52. The number of hydrogen-bond donors (Lipinski definition) is 0. The van der Waals surface area contributed by atoms with Crippen molar-refractivity contribution in [3.8, 4) is 0 Å². The minimum Gasteiger partial charge on any atom is -0.382 e. The van der Waals surface area contributed by atoms with Crippen molar-refractivity contribution < 1.29 is 23.0 Å². The normalized spacial score (nSPS) is 16.0. The van der Waals surface area contributed by atoms with E-state index in [0.29, 0.717) is 38.8 Å². The van der Waals surface area contributed by atoms with Gasteiger partial charge in [0.25, 0.3) is 5.91 Å². The van der Waals surface area contributed by atoms with Crippen LogP contribution in [-0.2, 0) is 9.47 Å². The summed E-state index contributed by atoms with van der Waals surface area (Å²) in [6.07, 6.45) is 1.64. The Bertz CT molecular complexity index is 502. The summed E-state index contributed by atoms with van der Waals surface area (Å²) in [7, 11) is 1.63. The summed E-state index contributed by atoms with van der Waals surface area (Å²) in [6.45, 7) is 2.91. The van der Waals surface area contributed by atoms with Gasteiger partial charge in [0.15, 0.2) is 0 Å². The first-order valence-electron chi connectivity index (χ1n) is 7.43. The van der Waals surface area contributed by atoms with Crippen LogP contribution < -0.4 is 0 Å². The van der Waals surface area contributed by atoms with Gasteiger partial charge in [-0.2, -0.15) is 0 Å². The van der Waals surface area contributed by atoms with Crippen molar-refractivity contribution >= 4 is 5.91 Å². The minimum absolute atomic E-state index is 0.0730. The fourth-order valence-corrected chi connectivity index (χ4v) is 2.53. The second-order valence-corrected chi connectivity index (χ2v) is 5.43. The molecule has 0 aliphatic carbocycles. The van der Waals surface area contributed by atoms with Crippen LogP contribution in [0.1, 0.15) is 23.2 Å². The highest BCUT2D eigenvalue weighted by molar-refractivity contribution is 5.94. The Labute approximate surface area is 129 Å². The molecule has 0 unspecified atom stereocenters. The van der Waals surface area contributed by atoms with Crippen LogP contribution >= 0.6 is 0 Å². The number of nitrogens with zero attached hydrogens (tertiary/aromatic N) is 1. The SMILES string of the molecule is COCCOCC1CCN(C(=O)c2ccc(F)cc2F)CC1. The minimum atomic E-state index is -0.810. The van der Waals surface area contributed by atoms with E-state index in [9.17, 15) is 13.6 Å². The number of carbonyl (C=O) groups excluding carboxylic acids is 1. The maximum Gasteiger partial charge on any atom is 0.256 e. The van der Waals surface area contributed by atoms with Crippen LogP contribution in [-0.4, -0.2) is 50.8 Å². The first-order chi connectivity index (χ1) is 10.6. The first-order valence-corrected chi connectivity index (χ1v) is 7.43. The molecule has 1 saturated heterocycles. The molecule has 1 aliphatic rings. The average molecular weight is 313 g/mol. The number of hydrogen-bond acceptors (Lipinski definition) is 3. The third kappa shape index (κ3) is 4.48. The van der Waals surface area contributed by atoms with Gasteiger partial charge in [-0.15, -0.1) is 0 Å². The zero-order valence-electron chi connectivity index (χ0n) is 12.7. The molecule has 0 saturated carbocycles. The third-order valence-electron chi connectivity index (χ3n) is 3.85. The molecule has 122 valence electrons. The van der Waals surface area contributed by atoms with Gasteiger partial charge in [0.05, 0.1) is 18.8 Å². The lowest BCUT2D eigenvalue weighted by molar-refractivity contribution is 0.0326. The molecule has 1 heterocycles. The van der Waals surface area contributed by atoms with Crippen LogP contribution in [0.15, 0.2) is 18.2 Å². The number of benzene rings is 1. The Kier molecular flexibility index (Phi) is 6.27. The van der Waals surface area contributed by atoms with Gasteiger partial charge in [-0.25, -0.2) is 8.78 Å². The molecule has 0 bridgehead atoms. The Morgan fingerprint density at radius 1 is 1.27 bits per heavy atom. The van der Waals surface area contributed by atoms with Crippen LogP contribution in [0.5, 0.6) is 0 Å². The number of piperidine rings is 1. The number of rotatable bonds is 6. The molecule has 0 aromatic heterocycles. The van der Waals surface area contributed by atoms with Crippen molar-refractivity contribution in [1.82, 2.24) is 4.90 Å². The summed E-state index contributed by atoms with van der Waals surface area (Å²) < 4.78 is 36.9. The Hall–Kier alpha value is -1.53. The van der Waals surface area contributed by atoms with E-state index in [2.05, 4.69) is 0 Å². The molecule has 1 aromatic rings. The number of likely N-dealkylation sites (tertiary alicyclic amines) is 1. The van der Waals surface area contributed by atoms with E-state index in [4.69, 9.17) is 9.47 Å². The summed E-state index contributed by atoms with van der Waals surface area (Å²) >= 11 is 0. The number of carbonyl (C=O) groups is 1. The quantitative estimate of drug-likeness (QED) is 0.757. The van der Waals surface area contributed by atoms with Crippen molar-refractivity contribution in [2.75, 3.05) is 40.0 Å². The van der Waals surface area contributed by atoms with Gasteiger partial charge in [-0.3, -0.25) is 4.79 Å². The Morgan fingerprint density at radius 3 is 2.64 bits per heavy atom. The van der Waals surface area contributed by atoms with Crippen molar-refractivity contribution in [3.05, 3.63) is 35.4 Å². The molecule has 2 rings (SSSR count). The van der Waals surface area contributed by atoms with Gasteiger partial charge in [-0.1, -0.05) is 0 Å². The zero-order chi connectivity index (χ0) is 15.9. The van der Waals surface area contributed by atoms with Gasteiger partial charge in [-0.05, 0) is 30.9 Å². The largest absolute Gasteiger partial charge is 0.382 e. The van der Waals surface area contributed by atoms with E-state index in [-0.39, 0.29) is 11.5 Å². The highest BCUT2D eigenvalue weighted by Crippen LogP contribution is 2.20. The molecular formula is C16H21F2NO3. The van der Waals surface area contributed by atoms with Crippen LogP contribution in [0.4, 0.5) is 8.78 Å². The second kappa shape index (κ2) is 8.19. The van der Waals surface area contributed by atoms with E-state index < -0.39 is 11.6 Å². The predicted octanol–water partition coefficient (Wildman–Crippen LogP) is 2.48. The first kappa shape index (κ1) is 16.8. The van der Waals surface area contributed by atoms with E-state index in [1.807, 2.05) is 0 Å². The van der Waals surface area contributed by atoms with E-state index >= 15 is 0 Å². The highest BCUT2D eigenvalue weighted by Gasteiger charge is 2.25. The van der Waals surface area contributed by atoms with Crippen LogP contribution in [0.25, 0.3) is 0 Å². The van der Waals surface area contributed by atoms with Gasteiger partial charge in [0.1, 0.15) is 11.6 Å². The Balaban J connectivity index is 1.82. The van der Waals surface area contributed by atoms with E-state index in [0.717, 1.165) is 25.0 Å². The van der Waals surface area contributed by atoms with Gasteiger partial charge in [0.2, 0.25) is 0 Å². The third-order valence-corrected chi connectivity index (χ3v) is 3.85. The molecular weight excluding hydrogens is 292 g/mol. The summed E-state index contributed by atoms with van der Waals surface area (Å²) in [5, 5.41) is 0. The van der Waals surface area contributed by atoms with Crippen LogP contribution in [0.2, 0.25) is 0 Å². The van der Waals surface area contributed by atoms with Gasteiger partial charge >= 0.3 is 0 Å².